The van der Waals surface area contributed by atoms with E-state index in [9.17, 15) is 14.4 Å². The van der Waals surface area contributed by atoms with Crippen molar-refractivity contribution in [2.45, 2.75) is 374 Å². The minimum Gasteiger partial charge on any atom is -0.462 e. The molecule has 6 heteroatoms. The molecule has 0 saturated heterocycles. The van der Waals surface area contributed by atoms with Crippen molar-refractivity contribution < 1.29 is 28.6 Å². The van der Waals surface area contributed by atoms with Crippen LogP contribution in [-0.2, 0) is 28.6 Å². The Labute approximate surface area is 503 Å². The maximum absolute atomic E-state index is 13.0. The Balaban J connectivity index is 4.25. The standard InChI is InChI=1S/C75H134O6/c1-4-7-10-13-16-19-22-25-28-30-32-34-35-36-37-38-39-40-41-42-44-45-47-50-53-56-59-62-65-68-74(77)80-71-72(70-79-73(76)67-64-61-58-55-52-49-27-24-21-18-15-12-9-6-3)81-75(78)69-66-63-60-57-54-51-48-46-43-33-31-29-26-23-20-17-14-11-8-5-2/h7,10,16,19,24-25,27-28,32,34,36-37,72H,4-6,8-9,11-15,17-18,20-23,26,29-31,33,35,38-71H2,1-3H3/b10-7-,19-16-,27-24-,28-25-,34-32-,37-36-. The van der Waals surface area contributed by atoms with E-state index in [4.69, 9.17) is 14.2 Å². The molecule has 0 aliphatic rings. The summed E-state index contributed by atoms with van der Waals surface area (Å²) in [6, 6.07) is 0. The summed E-state index contributed by atoms with van der Waals surface area (Å²) in [4.78, 5) is 38.4. The second-order valence-electron chi connectivity index (χ2n) is 23.8. The Morgan fingerprint density at radius 2 is 0.481 bits per heavy atom. The lowest BCUT2D eigenvalue weighted by Crippen LogP contribution is -2.30. The van der Waals surface area contributed by atoms with Gasteiger partial charge in [-0.1, -0.05) is 331 Å². The summed E-state index contributed by atoms with van der Waals surface area (Å²) in [7, 11) is 0. The summed E-state index contributed by atoms with van der Waals surface area (Å²) in [5.74, 6) is -0.860. The molecule has 81 heavy (non-hydrogen) atoms. The van der Waals surface area contributed by atoms with Crippen LogP contribution in [0.1, 0.15) is 367 Å². The summed E-state index contributed by atoms with van der Waals surface area (Å²) in [5, 5.41) is 0. The molecule has 1 atom stereocenters. The molecule has 0 bridgehead atoms. The van der Waals surface area contributed by atoms with Crippen molar-refractivity contribution in [1.29, 1.82) is 0 Å². The van der Waals surface area contributed by atoms with Gasteiger partial charge in [0.1, 0.15) is 13.2 Å². The van der Waals surface area contributed by atoms with Gasteiger partial charge in [0.2, 0.25) is 0 Å². The van der Waals surface area contributed by atoms with Crippen LogP contribution in [0.4, 0.5) is 0 Å². The van der Waals surface area contributed by atoms with Crippen LogP contribution in [0.5, 0.6) is 0 Å². The predicted molar refractivity (Wildman–Crippen MR) is 353 cm³/mol. The Hall–Kier alpha value is -3.15. The maximum atomic E-state index is 13.0. The van der Waals surface area contributed by atoms with Crippen LogP contribution < -0.4 is 0 Å². The molecule has 0 aromatic rings. The highest BCUT2D eigenvalue weighted by Crippen LogP contribution is 2.18. The van der Waals surface area contributed by atoms with Crippen molar-refractivity contribution in [2.24, 2.45) is 0 Å². The van der Waals surface area contributed by atoms with E-state index in [-0.39, 0.29) is 31.1 Å². The van der Waals surface area contributed by atoms with Crippen molar-refractivity contribution in [1.82, 2.24) is 0 Å². The molecule has 0 fully saturated rings. The number of hydrogen-bond donors (Lipinski definition) is 0. The smallest absolute Gasteiger partial charge is 0.306 e. The van der Waals surface area contributed by atoms with Gasteiger partial charge in [0.25, 0.3) is 0 Å². The van der Waals surface area contributed by atoms with Crippen LogP contribution in [0.25, 0.3) is 0 Å². The van der Waals surface area contributed by atoms with Gasteiger partial charge in [-0.3, -0.25) is 14.4 Å². The van der Waals surface area contributed by atoms with Crippen molar-refractivity contribution in [3.05, 3.63) is 72.9 Å². The molecule has 6 nitrogen and oxygen atoms in total. The average Bonchev–Trinajstić information content (AvgIpc) is 3.47. The molecule has 0 heterocycles. The number of allylic oxidation sites excluding steroid dienone is 12. The van der Waals surface area contributed by atoms with E-state index >= 15 is 0 Å². The number of ether oxygens (including phenoxy) is 3. The lowest BCUT2D eigenvalue weighted by atomic mass is 10.0. The van der Waals surface area contributed by atoms with Gasteiger partial charge < -0.3 is 14.2 Å². The second-order valence-corrected chi connectivity index (χ2v) is 23.8. The fourth-order valence-electron chi connectivity index (χ4n) is 10.4. The molecule has 470 valence electrons. The van der Waals surface area contributed by atoms with Gasteiger partial charge in [-0.05, 0) is 89.9 Å². The summed E-state index contributed by atoms with van der Waals surface area (Å²) in [6.45, 7) is 6.57. The number of hydrogen-bond acceptors (Lipinski definition) is 6. The Morgan fingerprint density at radius 1 is 0.259 bits per heavy atom. The van der Waals surface area contributed by atoms with Gasteiger partial charge >= 0.3 is 17.9 Å². The first kappa shape index (κ1) is 77.9. The molecule has 0 aliphatic carbocycles. The molecular weight excluding hydrogens is 997 g/mol. The highest BCUT2D eigenvalue weighted by Gasteiger charge is 2.19. The zero-order valence-electron chi connectivity index (χ0n) is 54.1. The zero-order valence-corrected chi connectivity index (χ0v) is 54.1. The number of rotatable bonds is 65. The lowest BCUT2D eigenvalue weighted by Gasteiger charge is -2.18. The molecule has 0 spiro atoms. The third-order valence-corrected chi connectivity index (χ3v) is 15.7. The minimum atomic E-state index is -0.778. The summed E-state index contributed by atoms with van der Waals surface area (Å²) >= 11 is 0. The minimum absolute atomic E-state index is 0.0739. The van der Waals surface area contributed by atoms with E-state index in [1.54, 1.807) is 0 Å². The first-order valence-electron chi connectivity index (χ1n) is 35.4. The van der Waals surface area contributed by atoms with Gasteiger partial charge in [-0.2, -0.15) is 0 Å². The fraction of sp³-hybridized carbons (Fsp3) is 0.800. The van der Waals surface area contributed by atoms with Crippen LogP contribution in [0.15, 0.2) is 72.9 Å². The molecule has 0 aliphatic heterocycles. The molecule has 0 aromatic heterocycles. The summed E-state index contributed by atoms with van der Waals surface area (Å²) in [6.07, 6.45) is 90.7. The van der Waals surface area contributed by atoms with E-state index in [0.717, 1.165) is 96.3 Å². The number of carbonyl (C=O) groups is 3. The average molecular weight is 1130 g/mol. The van der Waals surface area contributed by atoms with Gasteiger partial charge in [-0.25, -0.2) is 0 Å². The third-order valence-electron chi connectivity index (χ3n) is 15.7. The molecule has 0 saturated carbocycles. The number of esters is 3. The van der Waals surface area contributed by atoms with E-state index in [1.807, 2.05) is 0 Å². The van der Waals surface area contributed by atoms with Crippen LogP contribution in [0.3, 0.4) is 0 Å². The van der Waals surface area contributed by atoms with E-state index in [1.165, 1.54) is 231 Å². The maximum Gasteiger partial charge on any atom is 0.306 e. The second kappa shape index (κ2) is 69.3. The molecule has 0 amide bonds. The predicted octanol–water partition coefficient (Wildman–Crippen LogP) is 24.4. The highest BCUT2D eigenvalue weighted by atomic mass is 16.6. The Bertz CT molecular complexity index is 1490. The molecular formula is C75H134O6. The fourth-order valence-corrected chi connectivity index (χ4v) is 10.4. The van der Waals surface area contributed by atoms with Gasteiger partial charge in [0.15, 0.2) is 6.10 Å². The largest absolute Gasteiger partial charge is 0.462 e. The van der Waals surface area contributed by atoms with Gasteiger partial charge in [0.05, 0.1) is 0 Å². The Morgan fingerprint density at radius 3 is 0.765 bits per heavy atom. The van der Waals surface area contributed by atoms with Crippen LogP contribution in [-0.4, -0.2) is 37.2 Å². The first-order valence-corrected chi connectivity index (χ1v) is 35.4. The SMILES string of the molecule is CC/C=C\C/C=C\C/C=C\C/C=C\C/C=C\CCCCCCCCCCCCCCCC(=O)OCC(COC(=O)CCCCCCC/C=C\CCCCCCC)OC(=O)CCCCCCCCCCCCCCCCCCCCCC. The first-order chi connectivity index (χ1) is 40.0. The van der Waals surface area contributed by atoms with Crippen molar-refractivity contribution >= 4 is 17.9 Å². The summed E-state index contributed by atoms with van der Waals surface area (Å²) in [5.41, 5.74) is 0. The van der Waals surface area contributed by atoms with Crippen molar-refractivity contribution in [3.8, 4) is 0 Å². The van der Waals surface area contributed by atoms with Gasteiger partial charge in [-0.15, -0.1) is 0 Å². The quantitative estimate of drug-likeness (QED) is 0.0261. The number of carbonyl (C=O) groups excluding carboxylic acids is 3. The highest BCUT2D eigenvalue weighted by molar-refractivity contribution is 5.71. The monoisotopic (exact) mass is 1130 g/mol. The molecule has 1 unspecified atom stereocenters. The zero-order chi connectivity index (χ0) is 58.5. The van der Waals surface area contributed by atoms with E-state index < -0.39 is 6.10 Å². The van der Waals surface area contributed by atoms with E-state index in [0.29, 0.717) is 19.3 Å². The topological polar surface area (TPSA) is 78.9 Å². The van der Waals surface area contributed by atoms with Crippen molar-refractivity contribution in [2.75, 3.05) is 13.2 Å². The van der Waals surface area contributed by atoms with Crippen LogP contribution in [0, 0.1) is 0 Å². The lowest BCUT2D eigenvalue weighted by molar-refractivity contribution is -0.167. The molecule has 0 radical (unpaired) electrons. The molecule has 0 aromatic carbocycles. The van der Waals surface area contributed by atoms with Crippen molar-refractivity contribution in [3.63, 3.8) is 0 Å². The number of unbranched alkanes of at least 4 members (excludes halogenated alkanes) is 42. The van der Waals surface area contributed by atoms with Gasteiger partial charge in [0, 0.05) is 19.3 Å². The van der Waals surface area contributed by atoms with Crippen LogP contribution in [0.2, 0.25) is 0 Å². The Kier molecular flexibility index (Phi) is 66.6. The van der Waals surface area contributed by atoms with Crippen LogP contribution >= 0.6 is 0 Å². The summed E-state index contributed by atoms with van der Waals surface area (Å²) < 4.78 is 17.0. The molecule has 0 N–H and O–H groups in total. The molecule has 0 rings (SSSR count). The third kappa shape index (κ3) is 67.5. The van der Waals surface area contributed by atoms with E-state index in [2.05, 4.69) is 93.7 Å². The normalized spacial score (nSPS) is 12.5.